The van der Waals surface area contributed by atoms with Crippen LogP contribution in [0, 0.1) is 16.7 Å². The Hall–Kier alpha value is -1.95. The lowest BCUT2D eigenvalue weighted by Gasteiger charge is -2.37. The summed E-state index contributed by atoms with van der Waals surface area (Å²) in [5.74, 6) is 0. The number of rotatable bonds is 4. The van der Waals surface area contributed by atoms with Crippen LogP contribution in [0.2, 0.25) is 0 Å². The fraction of sp³-hybridized carbons (Fsp3) is 0.526. The van der Waals surface area contributed by atoms with Crippen LogP contribution in [0.25, 0.3) is 0 Å². The molecule has 0 bridgehead atoms. The molecule has 0 amide bonds. The summed E-state index contributed by atoms with van der Waals surface area (Å²) >= 11 is 0. The molecule has 1 saturated heterocycles. The maximum Gasteiger partial charge on any atom is 0.0991 e. The topological polar surface area (TPSA) is 39.1 Å². The number of hydrogen-bond acceptors (Lipinski definition) is 3. The minimum Gasteiger partial charge on any atom is -0.382 e. The Morgan fingerprint density at radius 2 is 1.86 bits per heavy atom. The summed E-state index contributed by atoms with van der Waals surface area (Å²) in [5, 5.41) is 12.4. The normalized spacial score (nSPS) is 16.2. The van der Waals surface area contributed by atoms with Crippen LogP contribution < -0.4 is 5.32 Å². The van der Waals surface area contributed by atoms with Crippen molar-refractivity contribution in [2.24, 2.45) is 5.41 Å². The van der Waals surface area contributed by atoms with Crippen LogP contribution in [0.15, 0.2) is 36.5 Å². The van der Waals surface area contributed by atoms with Gasteiger partial charge in [-0.1, -0.05) is 27.4 Å². The van der Waals surface area contributed by atoms with Crippen LogP contribution in [0.1, 0.15) is 45.6 Å². The maximum absolute atomic E-state index is 8.83. The van der Waals surface area contributed by atoms with E-state index in [1.165, 1.54) is 5.70 Å². The highest BCUT2D eigenvalue weighted by Crippen LogP contribution is 2.27. The first kappa shape index (κ1) is 16.4. The zero-order chi connectivity index (χ0) is 16.2. The number of nitrogens with zero attached hydrogens (tertiary/aromatic N) is 2. The summed E-state index contributed by atoms with van der Waals surface area (Å²) < 4.78 is 0. The van der Waals surface area contributed by atoms with Gasteiger partial charge in [0, 0.05) is 30.5 Å². The third-order valence-corrected chi connectivity index (χ3v) is 4.06. The Bertz CT molecular complexity index is 538. The summed E-state index contributed by atoms with van der Waals surface area (Å²) in [7, 11) is 0. The Morgan fingerprint density at radius 1 is 1.27 bits per heavy atom. The van der Waals surface area contributed by atoms with E-state index >= 15 is 0 Å². The first-order valence-electron chi connectivity index (χ1n) is 8.07. The molecule has 0 atom stereocenters. The SMILES string of the molecule is C=C(CC(C)(C)C)N1CCC(Nc2ccc(C#N)cc2)CC1. The second kappa shape index (κ2) is 6.87. The fourth-order valence-corrected chi connectivity index (χ4v) is 2.94. The van der Waals surface area contributed by atoms with Crippen molar-refractivity contribution in [1.82, 2.24) is 4.90 Å². The minimum absolute atomic E-state index is 0.300. The molecule has 0 radical (unpaired) electrons. The van der Waals surface area contributed by atoms with E-state index in [1.807, 2.05) is 24.3 Å². The van der Waals surface area contributed by atoms with Crippen molar-refractivity contribution in [1.29, 1.82) is 5.26 Å². The fourth-order valence-electron chi connectivity index (χ4n) is 2.94. The van der Waals surface area contributed by atoms with Crippen molar-refractivity contribution < 1.29 is 0 Å². The van der Waals surface area contributed by atoms with Gasteiger partial charge in [-0.2, -0.15) is 5.26 Å². The summed E-state index contributed by atoms with van der Waals surface area (Å²) in [5.41, 5.74) is 3.38. The van der Waals surface area contributed by atoms with Crippen LogP contribution in [0.4, 0.5) is 5.69 Å². The molecule has 3 nitrogen and oxygen atoms in total. The molecule has 0 unspecified atom stereocenters. The maximum atomic E-state index is 8.83. The third-order valence-electron chi connectivity index (χ3n) is 4.06. The van der Waals surface area contributed by atoms with Gasteiger partial charge in [0.1, 0.15) is 0 Å². The molecule has 0 saturated carbocycles. The number of likely N-dealkylation sites (tertiary alicyclic amines) is 1. The van der Waals surface area contributed by atoms with Gasteiger partial charge in [0.25, 0.3) is 0 Å². The van der Waals surface area contributed by atoms with E-state index < -0.39 is 0 Å². The standard InChI is InChI=1S/C19H27N3/c1-15(13-19(2,3)4)22-11-9-18(10-12-22)21-17-7-5-16(14-20)6-8-17/h5-8,18,21H,1,9-13H2,2-4H3. The molecule has 1 aromatic rings. The molecule has 3 heteroatoms. The van der Waals surface area contributed by atoms with E-state index in [1.54, 1.807) is 0 Å². The second-order valence-corrected chi connectivity index (χ2v) is 7.40. The second-order valence-electron chi connectivity index (χ2n) is 7.40. The smallest absolute Gasteiger partial charge is 0.0991 e. The molecule has 0 spiro atoms. The molecule has 1 fully saturated rings. The predicted octanol–water partition coefficient (Wildman–Crippen LogP) is 4.38. The zero-order valence-corrected chi connectivity index (χ0v) is 14.0. The summed E-state index contributed by atoms with van der Waals surface area (Å²) in [6, 6.07) is 10.4. The first-order valence-corrected chi connectivity index (χ1v) is 8.07. The molecule has 1 aromatic carbocycles. The number of nitriles is 1. The van der Waals surface area contributed by atoms with Crippen LogP contribution in [-0.4, -0.2) is 24.0 Å². The van der Waals surface area contributed by atoms with Crippen molar-refractivity contribution in [2.45, 2.75) is 46.1 Å². The first-order chi connectivity index (χ1) is 10.4. The van der Waals surface area contributed by atoms with Gasteiger partial charge in [-0.15, -0.1) is 0 Å². The van der Waals surface area contributed by atoms with Gasteiger partial charge in [-0.25, -0.2) is 0 Å². The van der Waals surface area contributed by atoms with Crippen LogP contribution in [0.3, 0.4) is 0 Å². The molecule has 118 valence electrons. The van der Waals surface area contributed by atoms with Crippen LogP contribution in [0.5, 0.6) is 0 Å². The molecular weight excluding hydrogens is 270 g/mol. The lowest BCUT2D eigenvalue weighted by Crippen LogP contribution is -2.39. The van der Waals surface area contributed by atoms with E-state index in [-0.39, 0.29) is 0 Å². The number of piperidine rings is 1. The monoisotopic (exact) mass is 297 g/mol. The average molecular weight is 297 g/mol. The Labute approximate surface area is 134 Å². The highest BCUT2D eigenvalue weighted by molar-refractivity contribution is 5.47. The van der Waals surface area contributed by atoms with Gasteiger partial charge >= 0.3 is 0 Å². The molecule has 1 aliphatic rings. The lowest BCUT2D eigenvalue weighted by molar-refractivity contribution is 0.242. The van der Waals surface area contributed by atoms with Crippen molar-refractivity contribution in [3.05, 3.63) is 42.1 Å². The third kappa shape index (κ3) is 4.80. The average Bonchev–Trinajstić information content (AvgIpc) is 2.47. The lowest BCUT2D eigenvalue weighted by atomic mass is 9.90. The number of benzene rings is 1. The van der Waals surface area contributed by atoms with Crippen molar-refractivity contribution in [3.8, 4) is 6.07 Å². The van der Waals surface area contributed by atoms with Gasteiger partial charge < -0.3 is 10.2 Å². The number of allylic oxidation sites excluding steroid dienone is 1. The summed E-state index contributed by atoms with van der Waals surface area (Å²) in [4.78, 5) is 2.43. The van der Waals surface area contributed by atoms with Gasteiger partial charge in [0.2, 0.25) is 0 Å². The van der Waals surface area contributed by atoms with E-state index in [0.29, 0.717) is 17.0 Å². The molecule has 1 N–H and O–H groups in total. The Morgan fingerprint density at radius 3 is 2.36 bits per heavy atom. The van der Waals surface area contributed by atoms with Gasteiger partial charge in [-0.3, -0.25) is 0 Å². The quantitative estimate of drug-likeness (QED) is 0.896. The van der Waals surface area contributed by atoms with Crippen molar-refractivity contribution in [3.63, 3.8) is 0 Å². The van der Waals surface area contributed by atoms with Gasteiger partial charge in [0.15, 0.2) is 0 Å². The van der Waals surface area contributed by atoms with E-state index in [0.717, 1.165) is 38.0 Å². The highest BCUT2D eigenvalue weighted by atomic mass is 15.2. The number of hydrogen-bond donors (Lipinski definition) is 1. The van der Waals surface area contributed by atoms with E-state index in [4.69, 9.17) is 5.26 Å². The number of anilines is 1. The zero-order valence-electron chi connectivity index (χ0n) is 14.0. The van der Waals surface area contributed by atoms with Gasteiger partial charge in [-0.05, 0) is 48.9 Å². The molecular formula is C19H27N3. The molecule has 0 aromatic heterocycles. The molecule has 22 heavy (non-hydrogen) atoms. The van der Waals surface area contributed by atoms with E-state index in [2.05, 4.69) is 43.6 Å². The predicted molar refractivity (Wildman–Crippen MR) is 92.6 cm³/mol. The molecule has 1 aliphatic heterocycles. The Balaban J connectivity index is 1.82. The minimum atomic E-state index is 0.300. The van der Waals surface area contributed by atoms with Crippen LogP contribution >= 0.6 is 0 Å². The highest BCUT2D eigenvalue weighted by Gasteiger charge is 2.22. The molecule has 0 aliphatic carbocycles. The van der Waals surface area contributed by atoms with Gasteiger partial charge in [0.05, 0.1) is 11.6 Å². The molecule has 1 heterocycles. The van der Waals surface area contributed by atoms with Crippen molar-refractivity contribution >= 4 is 5.69 Å². The summed E-state index contributed by atoms with van der Waals surface area (Å²) in [6.45, 7) is 13.2. The van der Waals surface area contributed by atoms with Crippen LogP contribution in [-0.2, 0) is 0 Å². The molecule has 2 rings (SSSR count). The number of nitrogens with one attached hydrogen (secondary N) is 1. The Kier molecular flexibility index (Phi) is 5.13. The van der Waals surface area contributed by atoms with E-state index in [9.17, 15) is 0 Å². The summed E-state index contributed by atoms with van der Waals surface area (Å²) in [6.07, 6.45) is 3.31. The largest absolute Gasteiger partial charge is 0.382 e. The van der Waals surface area contributed by atoms with Crippen molar-refractivity contribution in [2.75, 3.05) is 18.4 Å².